The first-order valence-corrected chi connectivity index (χ1v) is 7.12. The third-order valence-electron chi connectivity index (χ3n) is 2.77. The third kappa shape index (κ3) is 4.06. The van der Waals surface area contributed by atoms with Crippen molar-refractivity contribution in [1.29, 1.82) is 0 Å². The van der Waals surface area contributed by atoms with Crippen LogP contribution in [-0.2, 0) is 11.3 Å². The van der Waals surface area contributed by atoms with Crippen LogP contribution in [-0.4, -0.2) is 28.9 Å². The summed E-state index contributed by atoms with van der Waals surface area (Å²) in [6, 6.07) is 10.0. The van der Waals surface area contributed by atoms with Crippen LogP contribution in [0.15, 0.2) is 41.9 Å². The predicted octanol–water partition coefficient (Wildman–Crippen LogP) is 2.60. The molecule has 2 aromatic rings. The van der Waals surface area contributed by atoms with Crippen LogP contribution in [0.25, 0.3) is 0 Å². The zero-order chi connectivity index (χ0) is 13.5. The van der Waals surface area contributed by atoms with Crippen LogP contribution in [0.2, 0.25) is 0 Å². The van der Waals surface area contributed by atoms with Gasteiger partial charge in [-0.15, -0.1) is 11.3 Å². The molecule has 1 heterocycles. The Morgan fingerprint density at radius 2 is 2.16 bits per heavy atom. The first-order valence-electron chi connectivity index (χ1n) is 6.24. The number of benzene rings is 1. The minimum atomic E-state index is 0.0848. The van der Waals surface area contributed by atoms with E-state index in [1.54, 1.807) is 6.20 Å². The molecule has 0 saturated carbocycles. The first-order chi connectivity index (χ1) is 9.29. The zero-order valence-corrected chi connectivity index (χ0v) is 11.7. The highest BCUT2D eigenvalue weighted by Crippen LogP contribution is 2.10. The third-order valence-corrected chi connectivity index (χ3v) is 3.50. The highest BCUT2D eigenvalue weighted by molar-refractivity contribution is 7.13. The highest BCUT2D eigenvalue weighted by atomic mass is 32.1. The number of carbonyl (C=O) groups excluding carboxylic acids is 1. The SMILES string of the molecule is CCN(Cc1ccccc1)C(=O)CNc1nccs1. The summed E-state index contributed by atoms with van der Waals surface area (Å²) >= 11 is 1.50. The number of anilines is 1. The molecule has 0 unspecified atom stereocenters. The molecule has 0 spiro atoms. The number of nitrogens with one attached hydrogen (secondary N) is 1. The number of thiazole rings is 1. The fourth-order valence-corrected chi connectivity index (χ4v) is 2.28. The summed E-state index contributed by atoms with van der Waals surface area (Å²) in [6.45, 7) is 3.63. The molecule has 0 bridgehead atoms. The summed E-state index contributed by atoms with van der Waals surface area (Å²) in [6.07, 6.45) is 1.72. The second-order valence-corrected chi connectivity index (χ2v) is 4.98. The highest BCUT2D eigenvalue weighted by Gasteiger charge is 2.12. The molecule has 5 heteroatoms. The molecular weight excluding hydrogens is 258 g/mol. The van der Waals surface area contributed by atoms with E-state index in [0.717, 1.165) is 10.7 Å². The van der Waals surface area contributed by atoms with Gasteiger partial charge in [-0.3, -0.25) is 4.79 Å². The van der Waals surface area contributed by atoms with Gasteiger partial charge < -0.3 is 10.2 Å². The number of nitrogens with zero attached hydrogens (tertiary/aromatic N) is 2. The van der Waals surface area contributed by atoms with Gasteiger partial charge in [-0.1, -0.05) is 30.3 Å². The Labute approximate surface area is 117 Å². The largest absolute Gasteiger partial charge is 0.352 e. The van der Waals surface area contributed by atoms with Crippen LogP contribution in [0.4, 0.5) is 5.13 Å². The lowest BCUT2D eigenvalue weighted by atomic mass is 10.2. The maximum atomic E-state index is 12.1. The van der Waals surface area contributed by atoms with Gasteiger partial charge in [-0.05, 0) is 12.5 Å². The van der Waals surface area contributed by atoms with E-state index in [4.69, 9.17) is 0 Å². The van der Waals surface area contributed by atoms with Gasteiger partial charge in [0.05, 0.1) is 6.54 Å². The van der Waals surface area contributed by atoms with E-state index >= 15 is 0 Å². The summed E-state index contributed by atoms with van der Waals surface area (Å²) < 4.78 is 0. The number of likely N-dealkylation sites (N-methyl/N-ethyl adjacent to an activating group) is 1. The second-order valence-electron chi connectivity index (χ2n) is 4.08. The molecule has 1 amide bonds. The number of hydrogen-bond acceptors (Lipinski definition) is 4. The number of amides is 1. The van der Waals surface area contributed by atoms with Gasteiger partial charge in [0.1, 0.15) is 0 Å². The Hall–Kier alpha value is -1.88. The number of hydrogen-bond donors (Lipinski definition) is 1. The lowest BCUT2D eigenvalue weighted by Gasteiger charge is -2.21. The van der Waals surface area contributed by atoms with Crippen molar-refractivity contribution in [2.45, 2.75) is 13.5 Å². The van der Waals surface area contributed by atoms with E-state index in [-0.39, 0.29) is 12.5 Å². The average Bonchev–Trinajstić information content (AvgIpc) is 2.96. The summed E-state index contributed by atoms with van der Waals surface area (Å²) in [7, 11) is 0. The zero-order valence-electron chi connectivity index (χ0n) is 10.9. The lowest BCUT2D eigenvalue weighted by Crippen LogP contribution is -2.34. The molecule has 0 aliphatic heterocycles. The second kappa shape index (κ2) is 6.89. The molecule has 0 fully saturated rings. The Kier molecular flexibility index (Phi) is 4.92. The maximum absolute atomic E-state index is 12.1. The van der Waals surface area contributed by atoms with Crippen molar-refractivity contribution in [1.82, 2.24) is 9.88 Å². The molecule has 0 aliphatic carbocycles. The number of carbonyl (C=O) groups is 1. The predicted molar refractivity (Wildman–Crippen MR) is 78.1 cm³/mol. The van der Waals surface area contributed by atoms with Crippen molar-refractivity contribution in [2.75, 3.05) is 18.4 Å². The quantitative estimate of drug-likeness (QED) is 0.881. The number of aromatic nitrogens is 1. The van der Waals surface area contributed by atoms with Gasteiger partial charge >= 0.3 is 0 Å². The standard InChI is InChI=1S/C14H17N3OS/c1-2-17(11-12-6-4-3-5-7-12)13(18)10-16-14-15-8-9-19-14/h3-9H,2,10-11H2,1H3,(H,15,16). The van der Waals surface area contributed by atoms with Crippen molar-refractivity contribution in [3.8, 4) is 0 Å². The molecule has 4 nitrogen and oxygen atoms in total. The average molecular weight is 275 g/mol. The Balaban J connectivity index is 1.88. The van der Waals surface area contributed by atoms with Crippen LogP contribution < -0.4 is 5.32 Å². The molecule has 1 aromatic carbocycles. The van der Waals surface area contributed by atoms with Gasteiger partial charge in [0.25, 0.3) is 0 Å². The van der Waals surface area contributed by atoms with E-state index in [0.29, 0.717) is 13.1 Å². The summed E-state index contributed by atoms with van der Waals surface area (Å²) in [5.41, 5.74) is 1.15. The number of rotatable bonds is 6. The molecule has 2 rings (SSSR count). The summed E-state index contributed by atoms with van der Waals surface area (Å²) in [5, 5.41) is 5.71. The molecule has 0 aliphatic rings. The summed E-state index contributed by atoms with van der Waals surface area (Å²) in [4.78, 5) is 18.0. The smallest absolute Gasteiger partial charge is 0.242 e. The maximum Gasteiger partial charge on any atom is 0.242 e. The van der Waals surface area contributed by atoms with Crippen molar-refractivity contribution >= 4 is 22.4 Å². The lowest BCUT2D eigenvalue weighted by molar-refractivity contribution is -0.129. The fraction of sp³-hybridized carbons (Fsp3) is 0.286. The van der Waals surface area contributed by atoms with Crippen molar-refractivity contribution in [3.05, 3.63) is 47.5 Å². The van der Waals surface area contributed by atoms with E-state index < -0.39 is 0 Å². The molecule has 1 aromatic heterocycles. The van der Waals surface area contributed by atoms with Gasteiger partial charge in [0.15, 0.2) is 5.13 Å². The van der Waals surface area contributed by atoms with Crippen molar-refractivity contribution < 1.29 is 4.79 Å². The monoisotopic (exact) mass is 275 g/mol. The van der Waals surface area contributed by atoms with E-state index in [1.807, 2.05) is 47.5 Å². The Morgan fingerprint density at radius 1 is 1.37 bits per heavy atom. The minimum absolute atomic E-state index is 0.0848. The van der Waals surface area contributed by atoms with Gasteiger partial charge in [-0.2, -0.15) is 0 Å². The topological polar surface area (TPSA) is 45.2 Å². The molecule has 1 N–H and O–H groups in total. The van der Waals surface area contributed by atoms with E-state index in [9.17, 15) is 4.79 Å². The van der Waals surface area contributed by atoms with Crippen LogP contribution in [0.3, 0.4) is 0 Å². The fourth-order valence-electron chi connectivity index (χ4n) is 1.75. The van der Waals surface area contributed by atoms with Gasteiger partial charge in [0, 0.05) is 24.7 Å². The Morgan fingerprint density at radius 3 is 2.79 bits per heavy atom. The van der Waals surface area contributed by atoms with Crippen molar-refractivity contribution in [3.63, 3.8) is 0 Å². The van der Waals surface area contributed by atoms with Crippen molar-refractivity contribution in [2.24, 2.45) is 0 Å². The molecule has 0 saturated heterocycles. The van der Waals surface area contributed by atoms with Gasteiger partial charge in [0.2, 0.25) is 5.91 Å². The van der Waals surface area contributed by atoms with Crippen LogP contribution in [0.1, 0.15) is 12.5 Å². The molecule has 100 valence electrons. The van der Waals surface area contributed by atoms with E-state index in [2.05, 4.69) is 10.3 Å². The molecule has 19 heavy (non-hydrogen) atoms. The van der Waals surface area contributed by atoms with Crippen LogP contribution in [0, 0.1) is 0 Å². The molecule has 0 atom stereocenters. The van der Waals surface area contributed by atoms with E-state index in [1.165, 1.54) is 11.3 Å². The minimum Gasteiger partial charge on any atom is -0.352 e. The Bertz CT molecular complexity index is 499. The molecule has 0 radical (unpaired) electrons. The molecular formula is C14H17N3OS. The van der Waals surface area contributed by atoms with Gasteiger partial charge in [-0.25, -0.2) is 4.98 Å². The normalized spacial score (nSPS) is 10.2. The van der Waals surface area contributed by atoms with Crippen LogP contribution in [0.5, 0.6) is 0 Å². The van der Waals surface area contributed by atoms with Crippen LogP contribution >= 0.6 is 11.3 Å². The first kappa shape index (κ1) is 13.5. The summed E-state index contributed by atoms with van der Waals surface area (Å²) in [5.74, 6) is 0.0848.